The first-order chi connectivity index (χ1) is 10.5. The maximum absolute atomic E-state index is 12.5. The monoisotopic (exact) mass is 334 g/mol. The highest BCUT2D eigenvalue weighted by Gasteiger charge is 2.21. The van der Waals surface area contributed by atoms with E-state index in [0.29, 0.717) is 16.2 Å². The minimum absolute atomic E-state index is 0.154. The molecule has 0 aliphatic carbocycles. The Morgan fingerprint density at radius 2 is 1.77 bits per heavy atom. The lowest BCUT2D eigenvalue weighted by molar-refractivity contribution is 0.566. The van der Waals surface area contributed by atoms with Crippen molar-refractivity contribution in [3.05, 3.63) is 75.6 Å². The summed E-state index contributed by atoms with van der Waals surface area (Å²) in [6.45, 7) is 0. The maximum atomic E-state index is 12.5. The SMILES string of the molecule is O=c1c(S(=O)(=O)Cc2ccccc2)coc2ccc(Cl)cc12. The molecule has 1 aromatic heterocycles. The zero-order valence-corrected chi connectivity index (χ0v) is 12.9. The second-order valence-corrected chi connectivity index (χ2v) is 7.21. The van der Waals surface area contributed by atoms with Gasteiger partial charge in [-0.15, -0.1) is 0 Å². The van der Waals surface area contributed by atoms with Gasteiger partial charge in [-0.25, -0.2) is 8.42 Å². The highest BCUT2D eigenvalue weighted by atomic mass is 35.5. The molecule has 3 aromatic rings. The van der Waals surface area contributed by atoms with Crippen LogP contribution in [-0.2, 0) is 15.6 Å². The van der Waals surface area contributed by atoms with Crippen LogP contribution in [-0.4, -0.2) is 8.42 Å². The molecule has 4 nitrogen and oxygen atoms in total. The average Bonchev–Trinajstić information content (AvgIpc) is 2.48. The molecular formula is C16H11ClO4S. The summed E-state index contributed by atoms with van der Waals surface area (Å²) in [4.78, 5) is 12.1. The molecule has 22 heavy (non-hydrogen) atoms. The summed E-state index contributed by atoms with van der Waals surface area (Å²) in [7, 11) is -3.80. The van der Waals surface area contributed by atoms with Crippen LogP contribution in [0.25, 0.3) is 11.0 Å². The molecule has 0 fully saturated rings. The molecule has 0 bridgehead atoms. The van der Waals surface area contributed by atoms with Crippen molar-refractivity contribution in [2.75, 3.05) is 0 Å². The van der Waals surface area contributed by atoms with E-state index in [1.807, 2.05) is 0 Å². The van der Waals surface area contributed by atoms with Crippen LogP contribution in [0.5, 0.6) is 0 Å². The number of benzene rings is 2. The van der Waals surface area contributed by atoms with Gasteiger partial charge in [0.2, 0.25) is 5.43 Å². The van der Waals surface area contributed by atoms with Gasteiger partial charge in [-0.2, -0.15) is 0 Å². The lowest BCUT2D eigenvalue weighted by Crippen LogP contribution is -2.16. The molecule has 0 saturated heterocycles. The molecule has 0 spiro atoms. The predicted molar refractivity (Wildman–Crippen MR) is 84.8 cm³/mol. The van der Waals surface area contributed by atoms with Gasteiger partial charge in [0.15, 0.2) is 14.7 Å². The lowest BCUT2D eigenvalue weighted by Gasteiger charge is -2.05. The first-order valence-corrected chi connectivity index (χ1v) is 8.48. The van der Waals surface area contributed by atoms with Crippen LogP contribution in [0.4, 0.5) is 0 Å². The van der Waals surface area contributed by atoms with Crippen molar-refractivity contribution >= 4 is 32.4 Å². The number of fused-ring (bicyclic) bond motifs is 1. The van der Waals surface area contributed by atoms with Crippen molar-refractivity contribution in [3.63, 3.8) is 0 Å². The zero-order valence-electron chi connectivity index (χ0n) is 11.3. The first-order valence-electron chi connectivity index (χ1n) is 6.45. The van der Waals surface area contributed by atoms with Gasteiger partial charge in [-0.05, 0) is 23.8 Å². The summed E-state index contributed by atoms with van der Waals surface area (Å²) in [6.07, 6.45) is 0.997. The van der Waals surface area contributed by atoms with Gasteiger partial charge in [-0.1, -0.05) is 41.9 Å². The number of halogens is 1. The van der Waals surface area contributed by atoms with Crippen LogP contribution in [0.1, 0.15) is 5.56 Å². The Kier molecular flexibility index (Phi) is 3.76. The number of sulfone groups is 1. The van der Waals surface area contributed by atoms with Gasteiger partial charge in [0, 0.05) is 5.02 Å². The van der Waals surface area contributed by atoms with Gasteiger partial charge >= 0.3 is 0 Å². The van der Waals surface area contributed by atoms with E-state index < -0.39 is 15.3 Å². The van der Waals surface area contributed by atoms with Crippen LogP contribution in [0, 0.1) is 0 Å². The number of rotatable bonds is 3. The molecule has 0 N–H and O–H groups in total. The summed E-state index contributed by atoms with van der Waals surface area (Å²) >= 11 is 5.86. The number of hydrogen-bond acceptors (Lipinski definition) is 4. The molecule has 0 saturated carbocycles. The summed E-state index contributed by atoms with van der Waals surface area (Å²) in [5.41, 5.74) is 0.306. The van der Waals surface area contributed by atoms with E-state index in [-0.39, 0.29) is 16.0 Å². The van der Waals surface area contributed by atoms with E-state index in [4.69, 9.17) is 16.0 Å². The molecule has 3 rings (SSSR count). The van der Waals surface area contributed by atoms with Crippen LogP contribution in [0.2, 0.25) is 5.02 Å². The second kappa shape index (κ2) is 5.59. The molecular weight excluding hydrogens is 324 g/mol. The fraction of sp³-hybridized carbons (Fsp3) is 0.0625. The molecule has 2 aromatic carbocycles. The quantitative estimate of drug-likeness (QED) is 0.736. The van der Waals surface area contributed by atoms with Gasteiger partial charge in [0.1, 0.15) is 11.8 Å². The molecule has 0 aliphatic rings. The van der Waals surface area contributed by atoms with Crippen molar-refractivity contribution in [3.8, 4) is 0 Å². The summed E-state index contributed by atoms with van der Waals surface area (Å²) in [5.74, 6) is -0.259. The Balaban J connectivity index is 2.13. The Labute approximate surface area is 131 Å². The minimum atomic E-state index is -3.80. The van der Waals surface area contributed by atoms with Crippen molar-refractivity contribution in [1.29, 1.82) is 0 Å². The molecule has 6 heteroatoms. The topological polar surface area (TPSA) is 64.3 Å². The van der Waals surface area contributed by atoms with Gasteiger partial charge < -0.3 is 4.42 Å². The van der Waals surface area contributed by atoms with Gasteiger partial charge in [0.25, 0.3) is 0 Å². The molecule has 0 atom stereocenters. The Bertz CT molecular complexity index is 992. The van der Waals surface area contributed by atoms with Crippen molar-refractivity contribution in [1.82, 2.24) is 0 Å². The predicted octanol–water partition coefficient (Wildman–Crippen LogP) is 3.42. The molecule has 112 valence electrons. The van der Waals surface area contributed by atoms with Gasteiger partial charge in [0.05, 0.1) is 11.1 Å². The molecule has 1 heterocycles. The fourth-order valence-electron chi connectivity index (χ4n) is 2.17. The summed E-state index contributed by atoms with van der Waals surface area (Å²) in [5, 5.41) is 0.499. The standard InChI is InChI=1S/C16H11ClO4S/c17-12-6-7-14-13(8-12)16(18)15(9-21-14)22(19,20)10-11-4-2-1-3-5-11/h1-9H,10H2. The normalized spacial score (nSPS) is 11.7. The van der Waals surface area contributed by atoms with Crippen LogP contribution < -0.4 is 5.43 Å². The molecule has 0 amide bonds. The van der Waals surface area contributed by atoms with Gasteiger partial charge in [-0.3, -0.25) is 4.79 Å². The molecule has 0 radical (unpaired) electrons. The van der Waals surface area contributed by atoms with Crippen LogP contribution in [0.15, 0.2) is 68.9 Å². The lowest BCUT2D eigenvalue weighted by atomic mass is 10.2. The van der Waals surface area contributed by atoms with Crippen LogP contribution in [0.3, 0.4) is 0 Å². The smallest absolute Gasteiger partial charge is 0.211 e. The second-order valence-electron chi connectivity index (χ2n) is 4.81. The Morgan fingerprint density at radius 1 is 1.05 bits per heavy atom. The van der Waals surface area contributed by atoms with E-state index in [9.17, 15) is 13.2 Å². The summed E-state index contributed by atoms with van der Waals surface area (Å²) in [6, 6.07) is 13.2. The highest BCUT2D eigenvalue weighted by Crippen LogP contribution is 2.20. The third-order valence-corrected chi connectivity index (χ3v) is 5.14. The van der Waals surface area contributed by atoms with Crippen LogP contribution >= 0.6 is 11.6 Å². The maximum Gasteiger partial charge on any atom is 0.211 e. The fourth-order valence-corrected chi connectivity index (χ4v) is 3.72. The third-order valence-electron chi connectivity index (χ3n) is 3.24. The first kappa shape index (κ1) is 14.8. The highest BCUT2D eigenvalue weighted by molar-refractivity contribution is 7.90. The Hall–Kier alpha value is -2.11. The number of hydrogen-bond donors (Lipinski definition) is 0. The molecule has 0 aliphatic heterocycles. The molecule has 0 unspecified atom stereocenters. The third kappa shape index (κ3) is 2.77. The van der Waals surface area contributed by atoms with E-state index in [1.54, 1.807) is 36.4 Å². The van der Waals surface area contributed by atoms with Crippen molar-refractivity contribution < 1.29 is 12.8 Å². The van der Waals surface area contributed by atoms with Crippen molar-refractivity contribution in [2.45, 2.75) is 10.6 Å². The van der Waals surface area contributed by atoms with E-state index in [0.717, 1.165) is 6.26 Å². The summed E-state index contributed by atoms with van der Waals surface area (Å²) < 4.78 is 30.2. The average molecular weight is 335 g/mol. The van der Waals surface area contributed by atoms with Crippen molar-refractivity contribution in [2.24, 2.45) is 0 Å². The van der Waals surface area contributed by atoms with E-state index in [1.165, 1.54) is 12.1 Å². The zero-order chi connectivity index (χ0) is 15.7. The minimum Gasteiger partial charge on any atom is -0.463 e. The van der Waals surface area contributed by atoms with E-state index >= 15 is 0 Å². The largest absolute Gasteiger partial charge is 0.463 e. The van der Waals surface area contributed by atoms with E-state index in [2.05, 4.69) is 0 Å². The Morgan fingerprint density at radius 3 is 2.50 bits per heavy atom.